The topological polar surface area (TPSA) is 81.3 Å². The van der Waals surface area contributed by atoms with E-state index in [1.165, 1.54) is 12.1 Å². The molecule has 1 saturated carbocycles. The van der Waals surface area contributed by atoms with Crippen LogP contribution in [0, 0.1) is 10.1 Å². The summed E-state index contributed by atoms with van der Waals surface area (Å²) >= 11 is 0. The van der Waals surface area contributed by atoms with Crippen molar-refractivity contribution in [1.29, 1.82) is 0 Å². The Balaban J connectivity index is 1.89. The smallest absolute Gasteiger partial charge is 0.271 e. The number of aryl methyl sites for hydroxylation is 1. The molecule has 0 aliphatic heterocycles. The van der Waals surface area contributed by atoms with Gasteiger partial charge in [0.2, 0.25) is 5.91 Å². The van der Waals surface area contributed by atoms with Crippen molar-refractivity contribution in [3.8, 4) is 0 Å². The van der Waals surface area contributed by atoms with Crippen molar-refractivity contribution in [2.75, 3.05) is 4.90 Å². The van der Waals surface area contributed by atoms with Gasteiger partial charge in [0.1, 0.15) is 0 Å². The number of carbonyl (C=O) groups excluding carboxylic acids is 1. The quantitative estimate of drug-likeness (QED) is 0.624. The van der Waals surface area contributed by atoms with Crippen LogP contribution >= 0.6 is 0 Å². The first kappa shape index (κ1) is 16.2. The van der Waals surface area contributed by atoms with Crippen molar-refractivity contribution in [3.63, 3.8) is 0 Å². The van der Waals surface area contributed by atoms with Gasteiger partial charge in [-0.05, 0) is 24.5 Å². The van der Waals surface area contributed by atoms with Gasteiger partial charge >= 0.3 is 0 Å². The van der Waals surface area contributed by atoms with E-state index in [0.29, 0.717) is 5.69 Å². The zero-order valence-electron chi connectivity index (χ0n) is 13.6. The zero-order chi connectivity index (χ0) is 17.1. The fourth-order valence-corrected chi connectivity index (χ4v) is 3.30. The fourth-order valence-electron chi connectivity index (χ4n) is 3.30. The summed E-state index contributed by atoms with van der Waals surface area (Å²) in [5.74, 6) is -0.0459. The average Bonchev–Trinajstić information content (AvgIpc) is 3.20. The second-order valence-corrected chi connectivity index (χ2v) is 6.18. The monoisotopic (exact) mass is 328 g/mol. The number of nitro groups is 1. The molecule has 7 heteroatoms. The molecule has 1 heterocycles. The molecule has 1 aromatic heterocycles. The van der Waals surface area contributed by atoms with Gasteiger partial charge in [0.05, 0.1) is 23.2 Å². The summed E-state index contributed by atoms with van der Waals surface area (Å²) in [6.45, 7) is 0. The fraction of sp³-hybridized carbons (Fsp3) is 0.412. The number of nitro benzene ring substituents is 1. The van der Waals surface area contributed by atoms with Crippen LogP contribution in [0.2, 0.25) is 0 Å². The summed E-state index contributed by atoms with van der Waals surface area (Å²) in [5, 5.41) is 15.1. The summed E-state index contributed by atoms with van der Waals surface area (Å²) in [7, 11) is 1.81. The van der Waals surface area contributed by atoms with Crippen LogP contribution in [-0.4, -0.2) is 26.7 Å². The van der Waals surface area contributed by atoms with E-state index in [1.54, 1.807) is 27.9 Å². The maximum absolute atomic E-state index is 12.9. The zero-order valence-corrected chi connectivity index (χ0v) is 13.6. The van der Waals surface area contributed by atoms with E-state index < -0.39 is 4.92 Å². The van der Waals surface area contributed by atoms with Crippen LogP contribution in [0.3, 0.4) is 0 Å². The molecule has 0 bridgehead atoms. The number of benzene rings is 1. The molecule has 1 aliphatic carbocycles. The molecule has 1 aliphatic rings. The number of carbonyl (C=O) groups is 1. The number of aromatic nitrogens is 2. The highest BCUT2D eigenvalue weighted by atomic mass is 16.6. The molecule has 1 amide bonds. The summed E-state index contributed by atoms with van der Waals surface area (Å²) in [6, 6.07) is 6.44. The van der Waals surface area contributed by atoms with Gasteiger partial charge in [-0.3, -0.25) is 19.6 Å². The summed E-state index contributed by atoms with van der Waals surface area (Å²) in [4.78, 5) is 25.3. The highest BCUT2D eigenvalue weighted by Crippen LogP contribution is 2.30. The molecule has 0 atom stereocenters. The van der Waals surface area contributed by atoms with Gasteiger partial charge in [0.25, 0.3) is 5.69 Å². The predicted octanol–water partition coefficient (Wildman–Crippen LogP) is 2.85. The predicted molar refractivity (Wildman–Crippen MR) is 89.8 cm³/mol. The molecule has 7 nitrogen and oxygen atoms in total. The van der Waals surface area contributed by atoms with Crippen LogP contribution in [0.25, 0.3) is 0 Å². The second kappa shape index (κ2) is 6.82. The van der Waals surface area contributed by atoms with E-state index in [2.05, 4.69) is 5.10 Å². The van der Waals surface area contributed by atoms with Crippen molar-refractivity contribution in [2.24, 2.45) is 7.05 Å². The van der Waals surface area contributed by atoms with Crippen LogP contribution in [0.4, 0.5) is 11.4 Å². The van der Waals surface area contributed by atoms with E-state index in [1.807, 2.05) is 13.2 Å². The molecule has 0 saturated heterocycles. The number of non-ortho nitro benzene ring substituents is 1. The summed E-state index contributed by atoms with van der Waals surface area (Å²) in [6.07, 6.45) is 7.76. The van der Waals surface area contributed by atoms with E-state index in [0.717, 1.165) is 31.2 Å². The lowest BCUT2D eigenvalue weighted by atomic mass is 10.1. The highest BCUT2D eigenvalue weighted by molar-refractivity contribution is 5.95. The van der Waals surface area contributed by atoms with E-state index in [-0.39, 0.29) is 24.1 Å². The highest BCUT2D eigenvalue weighted by Gasteiger charge is 2.29. The van der Waals surface area contributed by atoms with E-state index in [9.17, 15) is 14.9 Å². The Morgan fingerprint density at radius 2 is 2.17 bits per heavy atom. The molecule has 24 heavy (non-hydrogen) atoms. The maximum atomic E-state index is 12.9. The minimum absolute atomic E-state index is 0.00433. The number of hydrogen-bond donors (Lipinski definition) is 0. The summed E-state index contributed by atoms with van der Waals surface area (Å²) < 4.78 is 1.66. The first-order valence-corrected chi connectivity index (χ1v) is 8.08. The van der Waals surface area contributed by atoms with Crippen molar-refractivity contribution >= 4 is 17.3 Å². The molecule has 1 aromatic carbocycles. The number of rotatable bonds is 5. The van der Waals surface area contributed by atoms with E-state index >= 15 is 0 Å². The molecular formula is C17H20N4O3. The molecule has 126 valence electrons. The van der Waals surface area contributed by atoms with Gasteiger partial charge in [0.15, 0.2) is 0 Å². The third kappa shape index (κ3) is 3.45. The number of nitrogens with zero attached hydrogens (tertiary/aromatic N) is 4. The van der Waals surface area contributed by atoms with Crippen molar-refractivity contribution in [3.05, 3.63) is 52.3 Å². The third-order valence-corrected chi connectivity index (χ3v) is 4.39. The molecule has 2 aromatic rings. The molecule has 1 fully saturated rings. The lowest BCUT2D eigenvalue weighted by Crippen LogP contribution is -2.40. The molecule has 0 radical (unpaired) electrons. The van der Waals surface area contributed by atoms with Crippen LogP contribution in [0.5, 0.6) is 0 Å². The molecule has 3 rings (SSSR count). The normalized spacial score (nSPS) is 14.7. The van der Waals surface area contributed by atoms with E-state index in [4.69, 9.17) is 0 Å². The van der Waals surface area contributed by atoms with Crippen molar-refractivity contribution in [1.82, 2.24) is 9.78 Å². The Morgan fingerprint density at radius 1 is 1.42 bits per heavy atom. The van der Waals surface area contributed by atoms with Crippen LogP contribution in [0.15, 0.2) is 36.7 Å². The van der Waals surface area contributed by atoms with Crippen LogP contribution in [0.1, 0.15) is 31.2 Å². The largest absolute Gasteiger partial charge is 0.309 e. The van der Waals surface area contributed by atoms with Crippen LogP contribution < -0.4 is 4.90 Å². The van der Waals surface area contributed by atoms with Gasteiger partial charge in [-0.25, -0.2) is 0 Å². The van der Waals surface area contributed by atoms with Crippen molar-refractivity contribution < 1.29 is 9.72 Å². The first-order valence-electron chi connectivity index (χ1n) is 8.08. The SMILES string of the molecule is Cn1cc(CC(=O)N(c2cccc([N+](=O)[O-])c2)C2CCCC2)cn1. The number of amides is 1. The minimum atomic E-state index is -0.429. The van der Waals surface area contributed by atoms with Gasteiger partial charge in [-0.2, -0.15) is 5.10 Å². The Bertz CT molecular complexity index is 750. The lowest BCUT2D eigenvalue weighted by molar-refractivity contribution is -0.384. The Kier molecular flexibility index (Phi) is 4.59. The Morgan fingerprint density at radius 3 is 2.79 bits per heavy atom. The Labute approximate surface area is 140 Å². The molecule has 0 spiro atoms. The third-order valence-electron chi connectivity index (χ3n) is 4.39. The Hall–Kier alpha value is -2.70. The number of anilines is 1. The average molecular weight is 328 g/mol. The minimum Gasteiger partial charge on any atom is -0.309 e. The number of hydrogen-bond acceptors (Lipinski definition) is 4. The standard InChI is InChI=1S/C17H20N4O3/c1-19-12-13(11-18-19)9-17(22)20(14-5-2-3-6-14)15-7-4-8-16(10-15)21(23)24/h4,7-8,10-12,14H,2-3,5-6,9H2,1H3. The molecule has 0 unspecified atom stereocenters. The molecule has 0 N–H and O–H groups in total. The van der Waals surface area contributed by atoms with Crippen molar-refractivity contribution in [2.45, 2.75) is 38.1 Å². The van der Waals surface area contributed by atoms with Gasteiger partial charge in [-0.1, -0.05) is 18.9 Å². The van der Waals surface area contributed by atoms with Gasteiger partial charge < -0.3 is 4.90 Å². The van der Waals surface area contributed by atoms with Crippen LogP contribution in [-0.2, 0) is 18.3 Å². The lowest BCUT2D eigenvalue weighted by Gasteiger charge is -2.29. The second-order valence-electron chi connectivity index (χ2n) is 6.18. The van der Waals surface area contributed by atoms with Gasteiger partial charge in [-0.15, -0.1) is 0 Å². The first-order chi connectivity index (χ1) is 11.5. The van der Waals surface area contributed by atoms with Gasteiger partial charge in [0, 0.05) is 31.4 Å². The maximum Gasteiger partial charge on any atom is 0.271 e. The summed E-state index contributed by atoms with van der Waals surface area (Å²) in [5.41, 5.74) is 1.45. The molecular weight excluding hydrogens is 308 g/mol.